The van der Waals surface area contributed by atoms with Crippen molar-refractivity contribution >= 4 is 23.0 Å². The molecule has 1 rings (SSSR count). The lowest BCUT2D eigenvalue weighted by atomic mass is 9.99. The van der Waals surface area contributed by atoms with Gasteiger partial charge in [0.2, 0.25) is 0 Å². The molecule has 0 aromatic heterocycles. The van der Waals surface area contributed by atoms with Gasteiger partial charge in [0.25, 0.3) is 0 Å². The van der Waals surface area contributed by atoms with Gasteiger partial charge in [0, 0.05) is 12.3 Å². The van der Waals surface area contributed by atoms with Gasteiger partial charge in [-0.25, -0.2) is 0 Å². The molecule has 0 heterocycles. The molecule has 0 amide bonds. The molecule has 0 radical (unpaired) electrons. The van der Waals surface area contributed by atoms with Crippen LogP contribution in [-0.4, -0.2) is 10.8 Å². The Hall–Kier alpha value is -1.42. The van der Waals surface area contributed by atoms with Crippen molar-refractivity contribution in [3.63, 3.8) is 0 Å². The van der Waals surface area contributed by atoms with Crippen molar-refractivity contribution < 1.29 is 0 Å². The number of hydrazone groups is 1. The molecule has 4 heteroatoms. The maximum absolute atomic E-state index is 5.27. The Kier molecular flexibility index (Phi) is 7.98. The summed E-state index contributed by atoms with van der Waals surface area (Å²) in [4.78, 5) is 0. The molecule has 0 aliphatic heterocycles. The Morgan fingerprint density at radius 1 is 1.05 bits per heavy atom. The van der Waals surface area contributed by atoms with Crippen molar-refractivity contribution in [1.82, 2.24) is 10.7 Å². The van der Waals surface area contributed by atoms with Crippen LogP contribution in [0.5, 0.6) is 0 Å². The first kappa shape index (κ1) is 17.6. The van der Waals surface area contributed by atoms with E-state index in [1.54, 1.807) is 0 Å². The van der Waals surface area contributed by atoms with Crippen molar-refractivity contribution in [2.75, 3.05) is 0 Å². The fourth-order valence-corrected chi connectivity index (χ4v) is 2.18. The monoisotopic (exact) mass is 305 g/mol. The second-order valence-corrected chi connectivity index (χ2v) is 6.56. The smallest absolute Gasteiger partial charge is 0.187 e. The van der Waals surface area contributed by atoms with E-state index in [1.807, 2.05) is 18.2 Å². The number of hydrogen-bond acceptors (Lipinski definition) is 2. The molecule has 0 unspecified atom stereocenters. The SMILES string of the molecule is CC(C)CC(CC(C)C)=NNC(=S)NCc1ccccc1. The van der Waals surface area contributed by atoms with Crippen LogP contribution in [0.3, 0.4) is 0 Å². The zero-order chi connectivity index (χ0) is 15.7. The largest absolute Gasteiger partial charge is 0.357 e. The van der Waals surface area contributed by atoms with E-state index >= 15 is 0 Å². The first-order valence-corrected chi connectivity index (χ1v) is 8.01. The summed E-state index contributed by atoms with van der Waals surface area (Å²) in [6, 6.07) is 10.2. The molecule has 0 bridgehead atoms. The highest BCUT2D eigenvalue weighted by Crippen LogP contribution is 2.09. The molecule has 1 aromatic rings. The fourth-order valence-electron chi connectivity index (χ4n) is 2.06. The first-order valence-electron chi connectivity index (χ1n) is 7.60. The zero-order valence-electron chi connectivity index (χ0n) is 13.5. The molecule has 0 atom stereocenters. The van der Waals surface area contributed by atoms with Crippen LogP contribution < -0.4 is 10.7 Å². The second kappa shape index (κ2) is 9.50. The first-order chi connectivity index (χ1) is 9.97. The van der Waals surface area contributed by atoms with Crippen LogP contribution in [-0.2, 0) is 6.54 Å². The highest BCUT2D eigenvalue weighted by Gasteiger charge is 2.06. The van der Waals surface area contributed by atoms with Crippen LogP contribution in [0, 0.1) is 11.8 Å². The molecule has 1 aromatic carbocycles. The normalized spacial score (nSPS) is 10.6. The van der Waals surface area contributed by atoms with Gasteiger partial charge in [-0.05, 0) is 42.5 Å². The van der Waals surface area contributed by atoms with Crippen molar-refractivity contribution in [2.45, 2.75) is 47.1 Å². The van der Waals surface area contributed by atoms with E-state index in [4.69, 9.17) is 12.2 Å². The molecule has 0 saturated heterocycles. The van der Waals surface area contributed by atoms with Gasteiger partial charge in [-0.3, -0.25) is 5.43 Å². The number of hydrogen-bond donors (Lipinski definition) is 2. The summed E-state index contributed by atoms with van der Waals surface area (Å²) < 4.78 is 0. The van der Waals surface area contributed by atoms with Crippen LogP contribution in [0.2, 0.25) is 0 Å². The van der Waals surface area contributed by atoms with Gasteiger partial charge >= 0.3 is 0 Å². The summed E-state index contributed by atoms with van der Waals surface area (Å²) >= 11 is 5.27. The van der Waals surface area contributed by atoms with Gasteiger partial charge in [0.1, 0.15) is 0 Å². The third-order valence-corrected chi connectivity index (χ3v) is 3.13. The molecular formula is C17H27N3S. The van der Waals surface area contributed by atoms with Gasteiger partial charge in [-0.15, -0.1) is 0 Å². The number of rotatable bonds is 7. The van der Waals surface area contributed by atoms with Gasteiger partial charge in [0.05, 0.1) is 0 Å². The molecule has 0 spiro atoms. The molecule has 116 valence electrons. The summed E-state index contributed by atoms with van der Waals surface area (Å²) in [5.41, 5.74) is 5.36. The number of benzene rings is 1. The Morgan fingerprint density at radius 2 is 1.62 bits per heavy atom. The molecule has 0 saturated carbocycles. The van der Waals surface area contributed by atoms with E-state index in [0.717, 1.165) is 12.8 Å². The van der Waals surface area contributed by atoms with Crippen LogP contribution in [0.15, 0.2) is 35.4 Å². The summed E-state index contributed by atoms with van der Waals surface area (Å²) in [6.07, 6.45) is 2.01. The standard InChI is InChI=1S/C17H27N3S/c1-13(2)10-16(11-14(3)4)19-20-17(21)18-12-15-8-6-5-7-9-15/h5-9,13-14H,10-12H2,1-4H3,(H2,18,20,21). The van der Waals surface area contributed by atoms with Crippen LogP contribution in [0.4, 0.5) is 0 Å². The molecule has 0 fully saturated rings. The second-order valence-electron chi connectivity index (χ2n) is 6.15. The third-order valence-electron chi connectivity index (χ3n) is 2.90. The van der Waals surface area contributed by atoms with Crippen molar-refractivity contribution in [3.8, 4) is 0 Å². The average molecular weight is 305 g/mol. The highest BCUT2D eigenvalue weighted by atomic mass is 32.1. The van der Waals surface area contributed by atoms with E-state index in [2.05, 4.69) is 55.7 Å². The zero-order valence-corrected chi connectivity index (χ0v) is 14.3. The average Bonchev–Trinajstić information content (AvgIpc) is 2.42. The van der Waals surface area contributed by atoms with Crippen LogP contribution >= 0.6 is 12.2 Å². The number of thiocarbonyl (C=S) groups is 1. The lowest BCUT2D eigenvalue weighted by molar-refractivity contribution is 0.630. The van der Waals surface area contributed by atoms with Gasteiger partial charge in [-0.1, -0.05) is 58.0 Å². The summed E-state index contributed by atoms with van der Waals surface area (Å²) in [5, 5.41) is 8.23. The van der Waals surface area contributed by atoms with Gasteiger partial charge in [-0.2, -0.15) is 5.10 Å². The molecule has 3 nitrogen and oxygen atoms in total. The third kappa shape index (κ3) is 8.45. The minimum absolute atomic E-state index is 0.573. The van der Waals surface area contributed by atoms with E-state index < -0.39 is 0 Å². The van der Waals surface area contributed by atoms with Gasteiger partial charge in [0.15, 0.2) is 5.11 Å². The molecule has 0 aliphatic carbocycles. The van der Waals surface area contributed by atoms with E-state index in [-0.39, 0.29) is 0 Å². The Morgan fingerprint density at radius 3 is 2.14 bits per heavy atom. The Bertz CT molecular complexity index is 440. The Labute approximate surface area is 134 Å². The molecule has 0 aliphatic rings. The van der Waals surface area contributed by atoms with Crippen molar-refractivity contribution in [1.29, 1.82) is 0 Å². The van der Waals surface area contributed by atoms with Crippen molar-refractivity contribution in [3.05, 3.63) is 35.9 Å². The summed E-state index contributed by atoms with van der Waals surface area (Å²) in [5.74, 6) is 1.21. The van der Waals surface area contributed by atoms with Gasteiger partial charge < -0.3 is 5.32 Å². The molecular weight excluding hydrogens is 278 g/mol. The maximum Gasteiger partial charge on any atom is 0.187 e. The summed E-state index contributed by atoms with van der Waals surface area (Å²) in [6.45, 7) is 9.55. The minimum atomic E-state index is 0.573. The van der Waals surface area contributed by atoms with E-state index in [0.29, 0.717) is 23.5 Å². The van der Waals surface area contributed by atoms with Crippen LogP contribution in [0.25, 0.3) is 0 Å². The minimum Gasteiger partial charge on any atom is -0.357 e. The van der Waals surface area contributed by atoms with Crippen LogP contribution in [0.1, 0.15) is 46.1 Å². The maximum atomic E-state index is 5.27. The van der Waals surface area contributed by atoms with E-state index in [1.165, 1.54) is 11.3 Å². The molecule has 21 heavy (non-hydrogen) atoms. The lowest BCUT2D eigenvalue weighted by Crippen LogP contribution is -2.32. The molecule has 2 N–H and O–H groups in total. The highest BCUT2D eigenvalue weighted by molar-refractivity contribution is 7.80. The number of nitrogens with zero attached hydrogens (tertiary/aromatic N) is 1. The predicted octanol–water partition coefficient (Wildman–Crippen LogP) is 4.10. The topological polar surface area (TPSA) is 36.4 Å². The summed E-state index contributed by atoms with van der Waals surface area (Å²) in [7, 11) is 0. The quantitative estimate of drug-likeness (QED) is 0.452. The number of nitrogens with one attached hydrogen (secondary N) is 2. The lowest BCUT2D eigenvalue weighted by Gasteiger charge is -2.13. The van der Waals surface area contributed by atoms with E-state index in [9.17, 15) is 0 Å². The fraction of sp³-hybridized carbons (Fsp3) is 0.529. The predicted molar refractivity (Wildman–Crippen MR) is 95.4 cm³/mol. The van der Waals surface area contributed by atoms with Crippen molar-refractivity contribution in [2.24, 2.45) is 16.9 Å². The Balaban J connectivity index is 2.45.